The molecule has 9 nitrogen and oxygen atoms in total. The summed E-state index contributed by atoms with van der Waals surface area (Å²) < 4.78 is 7.11. The average Bonchev–Trinajstić information content (AvgIpc) is 3.51. The van der Waals surface area contributed by atoms with Crippen LogP contribution in [0.2, 0.25) is 0 Å². The molecule has 6 rings (SSSR count). The zero-order valence-corrected chi connectivity index (χ0v) is 19.6. The minimum absolute atomic E-state index is 0.153. The summed E-state index contributed by atoms with van der Waals surface area (Å²) >= 11 is 0. The van der Waals surface area contributed by atoms with Crippen molar-refractivity contribution in [2.45, 2.75) is 32.2 Å². The largest absolute Gasteiger partial charge is 0.450 e. The van der Waals surface area contributed by atoms with Crippen LogP contribution in [0.25, 0.3) is 16.8 Å². The van der Waals surface area contributed by atoms with E-state index in [-0.39, 0.29) is 6.09 Å². The molecule has 34 heavy (non-hydrogen) atoms. The molecule has 0 bridgehead atoms. The van der Waals surface area contributed by atoms with Crippen LogP contribution in [0.15, 0.2) is 43.0 Å². The van der Waals surface area contributed by atoms with Crippen molar-refractivity contribution in [3.8, 4) is 11.1 Å². The van der Waals surface area contributed by atoms with Crippen LogP contribution in [0.5, 0.6) is 0 Å². The van der Waals surface area contributed by atoms with Gasteiger partial charge in [-0.25, -0.2) is 9.78 Å². The zero-order chi connectivity index (χ0) is 23.1. The van der Waals surface area contributed by atoms with E-state index in [4.69, 9.17) is 9.72 Å². The van der Waals surface area contributed by atoms with Gasteiger partial charge in [-0.15, -0.1) is 10.2 Å². The Morgan fingerprint density at radius 3 is 2.85 bits per heavy atom. The van der Waals surface area contributed by atoms with Crippen LogP contribution in [0.4, 0.5) is 10.6 Å². The third-order valence-electron chi connectivity index (χ3n) is 7.77. The number of hydrogen-bond donors (Lipinski definition) is 0. The first-order valence-corrected chi connectivity index (χ1v) is 12.3. The van der Waals surface area contributed by atoms with Gasteiger partial charge in [-0.05, 0) is 50.5 Å². The minimum atomic E-state index is -0.153. The van der Waals surface area contributed by atoms with Crippen LogP contribution in [0.3, 0.4) is 0 Å². The monoisotopic (exact) mass is 461 g/mol. The Morgan fingerprint density at radius 2 is 2.03 bits per heavy atom. The van der Waals surface area contributed by atoms with E-state index in [1.54, 1.807) is 6.33 Å². The second-order valence-corrected chi connectivity index (χ2v) is 9.86. The number of anilines is 1. The van der Waals surface area contributed by atoms with Gasteiger partial charge in [0.25, 0.3) is 0 Å². The Morgan fingerprint density at radius 1 is 1.18 bits per heavy atom. The number of nitrogens with zero attached hydrogens (tertiary/aromatic N) is 7. The van der Waals surface area contributed by atoms with Crippen molar-refractivity contribution in [1.29, 1.82) is 0 Å². The van der Waals surface area contributed by atoms with E-state index in [9.17, 15) is 4.79 Å². The van der Waals surface area contributed by atoms with E-state index in [0.29, 0.717) is 18.1 Å². The fourth-order valence-corrected chi connectivity index (χ4v) is 6.04. The van der Waals surface area contributed by atoms with Crippen molar-refractivity contribution in [3.63, 3.8) is 0 Å². The van der Waals surface area contributed by atoms with Crippen molar-refractivity contribution < 1.29 is 9.53 Å². The fraction of sp³-hybridized carbons (Fsp3) is 0.520. The molecular weight excluding hydrogens is 430 g/mol. The first-order chi connectivity index (χ1) is 16.6. The van der Waals surface area contributed by atoms with Gasteiger partial charge in [0, 0.05) is 74.2 Å². The molecular formula is C25H31N7O2. The van der Waals surface area contributed by atoms with E-state index < -0.39 is 0 Å². The lowest BCUT2D eigenvalue weighted by Gasteiger charge is -2.48. The number of ether oxygens (including phenoxy) is 1. The highest BCUT2D eigenvalue weighted by Gasteiger charge is 2.51. The second-order valence-electron chi connectivity index (χ2n) is 9.86. The smallest absolute Gasteiger partial charge is 0.409 e. The molecule has 2 aliphatic heterocycles. The molecule has 3 aliphatic rings. The van der Waals surface area contributed by atoms with Gasteiger partial charge in [-0.3, -0.25) is 9.30 Å². The summed E-state index contributed by atoms with van der Waals surface area (Å²) in [5.41, 5.74) is 3.41. The predicted octanol–water partition coefficient (Wildman–Crippen LogP) is 2.92. The average molecular weight is 462 g/mol. The number of pyridine rings is 2. The molecule has 1 spiro atoms. The lowest BCUT2D eigenvalue weighted by atomic mass is 9.78. The SMILES string of the molecule is CCOC(=O)N1CC2(CCC(N3CCN(c4ncccc4-c4ccc5nncn5c4)CC3)C2)C1. The Balaban J connectivity index is 1.09. The third-order valence-corrected chi connectivity index (χ3v) is 7.77. The number of aromatic nitrogens is 4. The molecule has 1 amide bonds. The standard InChI is InChI=1S/C25H31N7O2/c1-2-34-24(33)32-16-25(17-32)8-7-20(14-25)29-10-12-30(13-11-29)23-21(4-3-9-26-23)19-5-6-22-28-27-18-31(22)15-19/h3-6,9,15,18,20H,2,7-8,10-14,16-17H2,1H3. The minimum Gasteiger partial charge on any atom is -0.450 e. The Hall–Kier alpha value is -3.20. The van der Waals surface area contributed by atoms with Gasteiger partial charge in [0.1, 0.15) is 12.1 Å². The molecule has 0 radical (unpaired) electrons. The van der Waals surface area contributed by atoms with Crippen LogP contribution >= 0.6 is 0 Å². The molecule has 0 aromatic carbocycles. The molecule has 2 saturated heterocycles. The normalized spacial score (nSPS) is 22.3. The van der Waals surface area contributed by atoms with Crippen molar-refractivity contribution in [2.75, 3.05) is 50.8 Å². The van der Waals surface area contributed by atoms with Crippen LogP contribution in [0.1, 0.15) is 26.2 Å². The maximum absolute atomic E-state index is 12.0. The van der Waals surface area contributed by atoms with E-state index in [1.165, 1.54) is 19.3 Å². The molecule has 1 saturated carbocycles. The van der Waals surface area contributed by atoms with Crippen molar-refractivity contribution in [2.24, 2.45) is 5.41 Å². The molecule has 1 unspecified atom stereocenters. The number of carbonyl (C=O) groups excluding carboxylic acids is 1. The third kappa shape index (κ3) is 3.77. The van der Waals surface area contributed by atoms with Crippen molar-refractivity contribution in [3.05, 3.63) is 43.0 Å². The highest BCUT2D eigenvalue weighted by atomic mass is 16.6. The number of amides is 1. The van der Waals surface area contributed by atoms with Gasteiger partial charge in [0.05, 0.1) is 6.61 Å². The predicted molar refractivity (Wildman–Crippen MR) is 129 cm³/mol. The molecule has 1 atom stereocenters. The summed E-state index contributed by atoms with van der Waals surface area (Å²) in [4.78, 5) is 23.7. The summed E-state index contributed by atoms with van der Waals surface area (Å²) in [6.45, 7) is 8.05. The van der Waals surface area contributed by atoms with Gasteiger partial charge >= 0.3 is 6.09 Å². The number of carbonyl (C=O) groups is 1. The Labute approximate surface area is 199 Å². The van der Waals surface area contributed by atoms with Crippen molar-refractivity contribution >= 4 is 17.6 Å². The Kier molecular flexibility index (Phi) is 5.36. The summed E-state index contributed by atoms with van der Waals surface area (Å²) in [6.07, 6.45) is 9.16. The Bertz CT molecular complexity index is 1180. The highest BCUT2D eigenvalue weighted by Crippen LogP contribution is 2.47. The van der Waals surface area contributed by atoms with Gasteiger partial charge in [-0.1, -0.05) is 0 Å². The van der Waals surface area contributed by atoms with E-state index >= 15 is 0 Å². The molecule has 1 aliphatic carbocycles. The zero-order valence-electron chi connectivity index (χ0n) is 19.6. The van der Waals surface area contributed by atoms with E-state index in [2.05, 4.69) is 38.3 Å². The van der Waals surface area contributed by atoms with Gasteiger partial charge in [0.2, 0.25) is 0 Å². The van der Waals surface area contributed by atoms with Crippen LogP contribution < -0.4 is 4.90 Å². The summed E-state index contributed by atoms with van der Waals surface area (Å²) in [7, 11) is 0. The fourth-order valence-electron chi connectivity index (χ4n) is 6.04. The van der Waals surface area contributed by atoms with Gasteiger partial charge in [0.15, 0.2) is 5.65 Å². The maximum atomic E-state index is 12.0. The number of rotatable bonds is 4. The second kappa shape index (κ2) is 8.54. The molecule has 3 fully saturated rings. The van der Waals surface area contributed by atoms with Gasteiger partial charge < -0.3 is 14.5 Å². The summed E-state index contributed by atoms with van der Waals surface area (Å²) in [5.74, 6) is 1.04. The molecule has 0 N–H and O–H groups in total. The van der Waals surface area contributed by atoms with Gasteiger partial charge in [-0.2, -0.15) is 0 Å². The van der Waals surface area contributed by atoms with Crippen LogP contribution in [-0.2, 0) is 4.74 Å². The lowest BCUT2D eigenvalue weighted by molar-refractivity contribution is -0.00294. The topological polar surface area (TPSA) is 79.1 Å². The molecule has 5 heterocycles. The quantitative estimate of drug-likeness (QED) is 0.591. The first kappa shape index (κ1) is 21.3. The number of piperazine rings is 1. The van der Waals surface area contributed by atoms with E-state index in [0.717, 1.165) is 61.9 Å². The molecule has 9 heteroatoms. The van der Waals surface area contributed by atoms with E-state index in [1.807, 2.05) is 34.6 Å². The lowest BCUT2D eigenvalue weighted by Crippen LogP contribution is -2.58. The van der Waals surface area contributed by atoms with Crippen LogP contribution in [0, 0.1) is 5.41 Å². The van der Waals surface area contributed by atoms with Crippen molar-refractivity contribution in [1.82, 2.24) is 29.4 Å². The number of hydrogen-bond acceptors (Lipinski definition) is 7. The first-order valence-electron chi connectivity index (χ1n) is 12.3. The van der Waals surface area contributed by atoms with Crippen LogP contribution in [-0.4, -0.2) is 87.4 Å². The molecule has 3 aromatic heterocycles. The summed E-state index contributed by atoms with van der Waals surface area (Å²) in [5, 5.41) is 8.10. The summed E-state index contributed by atoms with van der Waals surface area (Å²) in [6, 6.07) is 8.85. The maximum Gasteiger partial charge on any atom is 0.409 e. The highest BCUT2D eigenvalue weighted by molar-refractivity contribution is 5.76. The number of likely N-dealkylation sites (tertiary alicyclic amines) is 1. The molecule has 3 aromatic rings. The number of fused-ring (bicyclic) bond motifs is 1. The molecule has 178 valence electrons.